The van der Waals surface area contributed by atoms with Crippen LogP contribution in [0, 0.1) is 0 Å². The van der Waals surface area contributed by atoms with Gasteiger partial charge in [0.25, 0.3) is 0 Å². The largest absolute Gasteiger partial charge is 0.494 e. The van der Waals surface area contributed by atoms with Gasteiger partial charge in [0.1, 0.15) is 6.54 Å². The van der Waals surface area contributed by atoms with Crippen molar-refractivity contribution in [1.29, 1.82) is 0 Å². The van der Waals surface area contributed by atoms with Crippen molar-refractivity contribution in [2.24, 2.45) is 4.99 Å². The number of rotatable bonds is 9. The van der Waals surface area contributed by atoms with E-state index in [-0.39, 0.29) is 19.0 Å². The highest BCUT2D eigenvalue weighted by Crippen LogP contribution is 2.32. The lowest BCUT2D eigenvalue weighted by Gasteiger charge is -2.21. The summed E-state index contributed by atoms with van der Waals surface area (Å²) >= 11 is 0. The van der Waals surface area contributed by atoms with Crippen molar-refractivity contribution < 1.29 is 27.9 Å². The molecule has 0 spiro atoms. The number of hydrogen-bond acceptors (Lipinski definition) is 7. The van der Waals surface area contributed by atoms with Crippen LogP contribution in [0.3, 0.4) is 0 Å². The number of carbonyl (C=O) groups excluding carboxylic acids is 2. The molecule has 3 aromatic carbocycles. The van der Waals surface area contributed by atoms with Crippen molar-refractivity contribution in [3.63, 3.8) is 0 Å². The van der Waals surface area contributed by atoms with Gasteiger partial charge in [-0.15, -0.1) is 0 Å². The Balaban J connectivity index is 1.80. The van der Waals surface area contributed by atoms with Gasteiger partial charge in [-0.25, -0.2) is 18.2 Å². The van der Waals surface area contributed by atoms with Crippen molar-refractivity contribution in [1.82, 2.24) is 10.3 Å². The third kappa shape index (κ3) is 6.10. The fraction of sp³-hybridized carbons (Fsp3) is 0.179. The number of sulfonamides is 1. The number of fused-ring (bicyclic) bond motifs is 1. The lowest BCUT2D eigenvalue weighted by Crippen LogP contribution is -2.39. The lowest BCUT2D eigenvalue weighted by molar-refractivity contribution is -0.119. The SMILES string of the molecule is CCOC(=O)c1ccc2c(C(=Nc3ccc(N(CC(=O)NC)S(C)(=O)=O)cc3)c3ccccc3)c(O)[nH]c2c1. The van der Waals surface area contributed by atoms with Crippen LogP contribution in [0.25, 0.3) is 10.9 Å². The van der Waals surface area contributed by atoms with Crippen LogP contribution in [0.15, 0.2) is 77.8 Å². The number of hydrogen-bond donors (Lipinski definition) is 3. The van der Waals surface area contributed by atoms with E-state index in [1.807, 2.05) is 30.3 Å². The molecule has 3 N–H and O–H groups in total. The summed E-state index contributed by atoms with van der Waals surface area (Å²) in [5, 5.41) is 14.0. The van der Waals surface area contributed by atoms with Crippen molar-refractivity contribution in [2.75, 3.05) is 30.8 Å². The molecule has 0 unspecified atom stereocenters. The predicted molar refractivity (Wildman–Crippen MR) is 150 cm³/mol. The molecule has 0 bridgehead atoms. The molecule has 4 rings (SSSR count). The summed E-state index contributed by atoms with van der Waals surface area (Å²) in [5.41, 5.74) is 3.30. The van der Waals surface area contributed by atoms with Gasteiger partial charge in [-0.05, 0) is 43.3 Å². The highest BCUT2D eigenvalue weighted by Gasteiger charge is 2.22. The molecule has 0 atom stereocenters. The number of carbonyl (C=O) groups is 2. The van der Waals surface area contributed by atoms with Gasteiger partial charge in [0.05, 0.1) is 41.1 Å². The van der Waals surface area contributed by atoms with Crippen molar-refractivity contribution in [3.05, 3.63) is 89.5 Å². The van der Waals surface area contributed by atoms with Gasteiger partial charge in [0, 0.05) is 23.5 Å². The van der Waals surface area contributed by atoms with Crippen LogP contribution < -0.4 is 9.62 Å². The van der Waals surface area contributed by atoms with E-state index >= 15 is 0 Å². The fourth-order valence-electron chi connectivity index (χ4n) is 4.06. The number of H-pyrrole nitrogens is 1. The highest BCUT2D eigenvalue weighted by atomic mass is 32.2. The number of aromatic amines is 1. The average Bonchev–Trinajstić information content (AvgIpc) is 3.25. The van der Waals surface area contributed by atoms with E-state index in [2.05, 4.69) is 10.3 Å². The number of aliphatic imine (C=N–C) groups is 1. The van der Waals surface area contributed by atoms with Crippen LogP contribution in [0.5, 0.6) is 5.88 Å². The molecule has 1 aromatic heterocycles. The van der Waals surface area contributed by atoms with Crippen LogP contribution >= 0.6 is 0 Å². The average molecular weight is 549 g/mol. The van der Waals surface area contributed by atoms with Gasteiger partial charge in [0.2, 0.25) is 15.9 Å². The molecule has 0 saturated heterocycles. The summed E-state index contributed by atoms with van der Waals surface area (Å²) in [6.07, 6.45) is 1.03. The Bertz CT molecular complexity index is 1640. The number of likely N-dealkylation sites (N-methyl/N-ethyl adjacent to an activating group) is 1. The van der Waals surface area contributed by atoms with Crippen LogP contribution in [0.1, 0.15) is 28.4 Å². The first kappa shape index (κ1) is 27.4. The topological polar surface area (TPSA) is 141 Å². The standard InChI is InChI=1S/C28H28N4O6S/c1-4-38-28(35)19-10-15-22-23(16-19)31-27(34)25(22)26(18-8-6-5-7-9-18)30-20-11-13-21(14-12-20)32(39(3,36)37)17-24(33)29-2/h5-16,31,34H,4,17H2,1-3H3,(H,29,33). The Labute approximate surface area is 226 Å². The fourth-order valence-corrected chi connectivity index (χ4v) is 4.91. The van der Waals surface area contributed by atoms with E-state index in [4.69, 9.17) is 9.73 Å². The van der Waals surface area contributed by atoms with Crippen LogP contribution in [-0.4, -0.2) is 62.6 Å². The summed E-state index contributed by atoms with van der Waals surface area (Å²) in [4.78, 5) is 31.8. The van der Waals surface area contributed by atoms with Crippen molar-refractivity contribution >= 4 is 49.9 Å². The van der Waals surface area contributed by atoms with Gasteiger partial charge in [-0.1, -0.05) is 36.4 Å². The third-order valence-corrected chi connectivity index (χ3v) is 7.06. The molecule has 202 valence electrons. The Morgan fingerprint density at radius 3 is 2.33 bits per heavy atom. The molecule has 11 heteroatoms. The summed E-state index contributed by atoms with van der Waals surface area (Å²) in [6.45, 7) is 1.62. The Morgan fingerprint density at radius 1 is 1.03 bits per heavy atom. The number of esters is 1. The van der Waals surface area contributed by atoms with E-state index in [0.29, 0.717) is 39.1 Å². The molecule has 0 aliphatic rings. The van der Waals surface area contributed by atoms with Crippen molar-refractivity contribution in [3.8, 4) is 5.88 Å². The first-order chi connectivity index (χ1) is 18.6. The monoisotopic (exact) mass is 548 g/mol. The quantitative estimate of drug-likeness (QED) is 0.215. The number of nitrogens with one attached hydrogen (secondary N) is 2. The van der Waals surface area contributed by atoms with E-state index in [9.17, 15) is 23.1 Å². The van der Waals surface area contributed by atoms with Gasteiger partial charge in [-0.3, -0.25) is 9.10 Å². The molecule has 4 aromatic rings. The number of nitrogens with zero attached hydrogens (tertiary/aromatic N) is 2. The smallest absolute Gasteiger partial charge is 0.338 e. The maximum Gasteiger partial charge on any atom is 0.338 e. The minimum atomic E-state index is -3.71. The maximum absolute atomic E-state index is 12.3. The minimum Gasteiger partial charge on any atom is -0.494 e. The molecule has 0 aliphatic heterocycles. The maximum atomic E-state index is 12.3. The Kier molecular flexibility index (Phi) is 8.01. The van der Waals surface area contributed by atoms with E-state index < -0.39 is 21.9 Å². The molecule has 0 fully saturated rings. The second kappa shape index (κ2) is 11.4. The number of aromatic nitrogens is 1. The van der Waals surface area contributed by atoms with Gasteiger partial charge in [0.15, 0.2) is 5.88 Å². The first-order valence-electron chi connectivity index (χ1n) is 12.1. The zero-order valence-corrected chi connectivity index (χ0v) is 22.5. The molecule has 0 saturated carbocycles. The zero-order valence-electron chi connectivity index (χ0n) is 21.6. The number of benzene rings is 3. The summed E-state index contributed by atoms with van der Waals surface area (Å²) in [6, 6.07) is 20.6. The number of amides is 1. The zero-order chi connectivity index (χ0) is 28.2. The Hall–Kier alpha value is -4.64. The Morgan fingerprint density at radius 2 is 1.72 bits per heavy atom. The highest BCUT2D eigenvalue weighted by molar-refractivity contribution is 7.92. The number of aromatic hydroxyl groups is 1. The number of anilines is 1. The van der Waals surface area contributed by atoms with Gasteiger partial charge in [-0.2, -0.15) is 0 Å². The van der Waals surface area contributed by atoms with Gasteiger partial charge >= 0.3 is 5.97 Å². The van der Waals surface area contributed by atoms with Crippen LogP contribution in [0.2, 0.25) is 0 Å². The molecule has 0 aliphatic carbocycles. The lowest BCUT2D eigenvalue weighted by atomic mass is 10.00. The molecule has 1 heterocycles. The molecular weight excluding hydrogens is 520 g/mol. The van der Waals surface area contributed by atoms with Crippen LogP contribution in [-0.2, 0) is 19.6 Å². The first-order valence-corrected chi connectivity index (χ1v) is 13.9. The van der Waals surface area contributed by atoms with E-state index in [1.54, 1.807) is 49.4 Å². The molecule has 0 radical (unpaired) electrons. The van der Waals surface area contributed by atoms with Crippen molar-refractivity contribution in [2.45, 2.75) is 6.92 Å². The second-order valence-corrected chi connectivity index (χ2v) is 10.5. The third-order valence-electron chi connectivity index (χ3n) is 5.92. The summed E-state index contributed by atoms with van der Waals surface area (Å²) in [7, 11) is -2.28. The summed E-state index contributed by atoms with van der Waals surface area (Å²) in [5.74, 6) is -1.04. The van der Waals surface area contributed by atoms with Crippen LogP contribution in [0.4, 0.5) is 11.4 Å². The summed E-state index contributed by atoms with van der Waals surface area (Å²) < 4.78 is 30.7. The normalized spacial score (nSPS) is 11.8. The molecule has 39 heavy (non-hydrogen) atoms. The second-order valence-electron chi connectivity index (χ2n) is 8.62. The number of ether oxygens (including phenoxy) is 1. The molecular formula is C28H28N4O6S. The minimum absolute atomic E-state index is 0.126. The molecule has 1 amide bonds. The molecule has 10 nitrogen and oxygen atoms in total. The van der Waals surface area contributed by atoms with Gasteiger partial charge < -0.3 is 20.1 Å². The van der Waals surface area contributed by atoms with E-state index in [0.717, 1.165) is 16.1 Å². The predicted octanol–water partition coefficient (Wildman–Crippen LogP) is 3.73. The van der Waals surface area contributed by atoms with E-state index in [1.165, 1.54) is 7.05 Å².